The minimum atomic E-state index is -0.322. The van der Waals surface area contributed by atoms with E-state index < -0.39 is 0 Å². The quantitative estimate of drug-likeness (QED) is 0.176. The molecule has 8 nitrogen and oxygen atoms in total. The topological polar surface area (TPSA) is 93.9 Å². The van der Waals surface area contributed by atoms with Gasteiger partial charge in [-0.2, -0.15) is 0 Å². The van der Waals surface area contributed by atoms with Gasteiger partial charge in [0.15, 0.2) is 0 Å². The SMILES string of the molecule is Cc1c(C)n(CC(C)CN2CCN(C)CC2)c2ccc(Cc3ccc(C(=O)Nc4cc(O)c(-c5ccncc5)c(O)c4)cc3)cc12. The van der Waals surface area contributed by atoms with E-state index in [0.29, 0.717) is 28.3 Å². The number of pyridine rings is 1. The van der Waals surface area contributed by atoms with Crippen LogP contribution in [0.1, 0.15) is 39.7 Å². The van der Waals surface area contributed by atoms with Crippen molar-refractivity contribution in [1.82, 2.24) is 19.4 Å². The summed E-state index contributed by atoms with van der Waals surface area (Å²) >= 11 is 0. The third-order valence-electron chi connectivity index (χ3n) is 9.31. The van der Waals surface area contributed by atoms with Gasteiger partial charge in [0, 0.05) is 91.6 Å². The van der Waals surface area contributed by atoms with Crippen molar-refractivity contribution < 1.29 is 15.0 Å². The summed E-state index contributed by atoms with van der Waals surface area (Å²) in [6, 6.07) is 20.6. The van der Waals surface area contributed by atoms with E-state index in [9.17, 15) is 15.0 Å². The summed E-state index contributed by atoms with van der Waals surface area (Å²) < 4.78 is 2.49. The van der Waals surface area contributed by atoms with Gasteiger partial charge in [0.05, 0.1) is 5.56 Å². The number of amides is 1. The third-order valence-corrected chi connectivity index (χ3v) is 9.31. The Morgan fingerprint density at radius 1 is 0.870 bits per heavy atom. The van der Waals surface area contributed by atoms with Crippen LogP contribution in [-0.4, -0.2) is 75.2 Å². The minimum Gasteiger partial charge on any atom is -0.507 e. The largest absolute Gasteiger partial charge is 0.507 e. The van der Waals surface area contributed by atoms with Crippen LogP contribution in [0, 0.1) is 19.8 Å². The predicted molar refractivity (Wildman–Crippen MR) is 185 cm³/mol. The number of nitrogens with one attached hydrogen (secondary N) is 1. The van der Waals surface area contributed by atoms with Crippen LogP contribution < -0.4 is 5.32 Å². The highest BCUT2D eigenvalue weighted by Crippen LogP contribution is 2.39. The summed E-state index contributed by atoms with van der Waals surface area (Å²) in [4.78, 5) is 22.0. The molecule has 5 aromatic rings. The van der Waals surface area contributed by atoms with E-state index in [-0.39, 0.29) is 17.4 Å². The molecule has 6 rings (SSSR count). The molecule has 3 aromatic carbocycles. The molecule has 1 aliphatic heterocycles. The van der Waals surface area contributed by atoms with Crippen LogP contribution >= 0.6 is 0 Å². The van der Waals surface area contributed by atoms with Crippen molar-refractivity contribution in [2.24, 2.45) is 5.92 Å². The van der Waals surface area contributed by atoms with Gasteiger partial charge in [-0.3, -0.25) is 9.78 Å². The number of benzene rings is 3. The molecule has 1 aliphatic rings. The molecule has 1 unspecified atom stereocenters. The molecular formula is C38H43N5O3. The van der Waals surface area contributed by atoms with Crippen molar-refractivity contribution in [2.45, 2.75) is 33.7 Å². The Kier molecular flexibility index (Phi) is 9.10. The number of carbonyl (C=O) groups is 1. The molecule has 0 bridgehead atoms. The van der Waals surface area contributed by atoms with E-state index in [2.05, 4.69) is 70.7 Å². The normalized spacial score (nSPS) is 14.9. The number of phenolic OH excluding ortho intramolecular Hbond substituents is 2. The maximum atomic E-state index is 13.0. The second kappa shape index (κ2) is 13.4. The third kappa shape index (κ3) is 6.78. The van der Waals surface area contributed by atoms with Crippen LogP contribution in [0.3, 0.4) is 0 Å². The van der Waals surface area contributed by atoms with Crippen molar-refractivity contribution in [3.05, 3.63) is 107 Å². The molecule has 0 spiro atoms. The van der Waals surface area contributed by atoms with Crippen molar-refractivity contribution in [1.29, 1.82) is 0 Å². The molecule has 1 saturated heterocycles. The number of phenols is 2. The van der Waals surface area contributed by atoms with E-state index in [1.807, 2.05) is 24.3 Å². The second-order valence-corrected chi connectivity index (χ2v) is 12.8. The second-order valence-electron chi connectivity index (χ2n) is 12.8. The number of fused-ring (bicyclic) bond motifs is 1. The number of aromatic nitrogens is 2. The van der Waals surface area contributed by atoms with Crippen LogP contribution in [0.25, 0.3) is 22.0 Å². The molecule has 0 aliphatic carbocycles. The van der Waals surface area contributed by atoms with Gasteiger partial charge < -0.3 is 29.9 Å². The predicted octanol–water partition coefficient (Wildman–Crippen LogP) is 6.46. The number of anilines is 1. The van der Waals surface area contributed by atoms with E-state index >= 15 is 0 Å². The van der Waals surface area contributed by atoms with E-state index in [1.165, 1.54) is 39.9 Å². The Morgan fingerprint density at radius 3 is 2.20 bits per heavy atom. The zero-order valence-electron chi connectivity index (χ0n) is 27.1. The number of carbonyl (C=O) groups excluding carboxylic acids is 1. The van der Waals surface area contributed by atoms with Gasteiger partial charge in [0.1, 0.15) is 11.5 Å². The van der Waals surface area contributed by atoms with Crippen molar-refractivity contribution in [3.63, 3.8) is 0 Å². The number of piperazine rings is 1. The van der Waals surface area contributed by atoms with Gasteiger partial charge in [0.2, 0.25) is 0 Å². The number of likely N-dealkylation sites (N-methyl/N-ethyl adjacent to an activating group) is 1. The van der Waals surface area contributed by atoms with Crippen LogP contribution in [-0.2, 0) is 13.0 Å². The number of nitrogens with zero attached hydrogens (tertiary/aromatic N) is 4. The van der Waals surface area contributed by atoms with Crippen LogP contribution in [0.4, 0.5) is 5.69 Å². The summed E-state index contributed by atoms with van der Waals surface area (Å²) in [5.74, 6) is -0.0162. The van der Waals surface area contributed by atoms with Gasteiger partial charge >= 0.3 is 0 Å². The molecule has 3 N–H and O–H groups in total. The smallest absolute Gasteiger partial charge is 0.255 e. The Labute approximate surface area is 270 Å². The highest BCUT2D eigenvalue weighted by atomic mass is 16.3. The molecule has 238 valence electrons. The van der Waals surface area contributed by atoms with E-state index in [4.69, 9.17) is 0 Å². The molecule has 0 radical (unpaired) electrons. The molecule has 8 heteroatoms. The molecular weight excluding hydrogens is 574 g/mol. The molecule has 3 heterocycles. The lowest BCUT2D eigenvalue weighted by atomic mass is 10.0. The standard InChI is InChI=1S/C38H43N5O3/c1-25(23-42-17-15-41(4)16-18-42)24-43-27(3)26(2)33-20-29(7-10-34(33)43)19-28-5-8-31(9-6-28)38(46)40-32-21-35(44)37(36(45)22-32)30-11-13-39-14-12-30/h5-14,20-22,25,44-45H,15-19,23-24H2,1-4H3,(H,40,46). The van der Waals surface area contributed by atoms with Gasteiger partial charge in [-0.25, -0.2) is 0 Å². The van der Waals surface area contributed by atoms with Crippen molar-refractivity contribution in [2.75, 3.05) is 45.1 Å². The fourth-order valence-electron chi connectivity index (χ4n) is 6.59. The van der Waals surface area contributed by atoms with Crippen LogP contribution in [0.2, 0.25) is 0 Å². The average Bonchev–Trinajstić information content (AvgIpc) is 3.27. The highest BCUT2D eigenvalue weighted by molar-refractivity contribution is 6.04. The zero-order valence-corrected chi connectivity index (χ0v) is 27.1. The Bertz CT molecular complexity index is 1820. The molecule has 1 fully saturated rings. The van der Waals surface area contributed by atoms with Gasteiger partial charge in [0.25, 0.3) is 5.91 Å². The van der Waals surface area contributed by atoms with Crippen LogP contribution in [0.15, 0.2) is 79.1 Å². The van der Waals surface area contributed by atoms with E-state index in [0.717, 1.165) is 51.3 Å². The summed E-state index contributed by atoms with van der Waals surface area (Å²) in [7, 11) is 2.20. The summed E-state index contributed by atoms with van der Waals surface area (Å²) in [6.07, 6.45) is 3.94. The number of rotatable bonds is 9. The minimum absolute atomic E-state index is 0.130. The highest BCUT2D eigenvalue weighted by Gasteiger charge is 2.19. The number of hydrogen-bond donors (Lipinski definition) is 3. The van der Waals surface area contributed by atoms with Crippen molar-refractivity contribution >= 4 is 22.5 Å². The molecule has 2 aromatic heterocycles. The van der Waals surface area contributed by atoms with Gasteiger partial charge in [-0.1, -0.05) is 25.1 Å². The maximum Gasteiger partial charge on any atom is 0.255 e. The lowest BCUT2D eigenvalue weighted by Crippen LogP contribution is -2.46. The summed E-state index contributed by atoms with van der Waals surface area (Å²) in [6.45, 7) is 13.6. The fourth-order valence-corrected chi connectivity index (χ4v) is 6.59. The Hall–Kier alpha value is -4.66. The first-order valence-corrected chi connectivity index (χ1v) is 16.0. The van der Waals surface area contributed by atoms with Gasteiger partial charge in [-0.05, 0) is 91.9 Å². The number of aromatic hydroxyl groups is 2. The molecule has 0 saturated carbocycles. The average molecular weight is 618 g/mol. The van der Waals surface area contributed by atoms with Gasteiger partial charge in [-0.15, -0.1) is 0 Å². The Balaban J connectivity index is 1.11. The fraction of sp³-hybridized carbons (Fsp3) is 0.316. The number of hydrogen-bond acceptors (Lipinski definition) is 6. The molecule has 46 heavy (non-hydrogen) atoms. The Morgan fingerprint density at radius 2 is 1.52 bits per heavy atom. The maximum absolute atomic E-state index is 13.0. The van der Waals surface area contributed by atoms with Crippen LogP contribution in [0.5, 0.6) is 11.5 Å². The lowest BCUT2D eigenvalue weighted by molar-refractivity contribution is 0.102. The first kappa shape index (κ1) is 31.3. The lowest BCUT2D eigenvalue weighted by Gasteiger charge is -2.34. The van der Waals surface area contributed by atoms with Crippen molar-refractivity contribution in [3.8, 4) is 22.6 Å². The molecule has 1 amide bonds. The summed E-state index contributed by atoms with van der Waals surface area (Å²) in [5, 5.41) is 25.2. The first-order chi connectivity index (χ1) is 22.2. The summed E-state index contributed by atoms with van der Waals surface area (Å²) in [5.41, 5.74) is 8.03. The number of aryl methyl sites for hydroxylation is 1. The monoisotopic (exact) mass is 617 g/mol. The molecule has 1 atom stereocenters. The van der Waals surface area contributed by atoms with E-state index in [1.54, 1.807) is 24.5 Å². The zero-order chi connectivity index (χ0) is 32.4. The first-order valence-electron chi connectivity index (χ1n) is 16.0.